The van der Waals surface area contributed by atoms with Crippen molar-refractivity contribution >= 4 is 21.6 Å². The number of methoxy groups -OCH3 is 1. The normalized spacial score (nSPS) is 11.4. The lowest BCUT2D eigenvalue weighted by Crippen LogP contribution is -2.24. The highest BCUT2D eigenvalue weighted by atomic mass is 35.5. The molecular formula is C9H12ClNO4S. The van der Waals surface area contributed by atoms with Gasteiger partial charge in [0.1, 0.15) is 10.6 Å². The van der Waals surface area contributed by atoms with Crippen molar-refractivity contribution in [1.82, 2.24) is 4.89 Å². The molecule has 0 aliphatic carbocycles. The van der Waals surface area contributed by atoms with Gasteiger partial charge < -0.3 is 4.74 Å². The van der Waals surface area contributed by atoms with Crippen LogP contribution < -0.4 is 9.62 Å². The van der Waals surface area contributed by atoms with Crippen LogP contribution in [-0.2, 0) is 14.9 Å². The standard InChI is InChI=1S/C9H12ClNO4S/c1-3-15-11-16(12,13)9-5-4-7(10)6-8(9)14-2/h4-6,11H,3H2,1-2H3. The molecule has 0 saturated carbocycles. The molecule has 0 saturated heterocycles. The molecule has 0 amide bonds. The number of benzene rings is 1. The van der Waals surface area contributed by atoms with Gasteiger partial charge in [0, 0.05) is 11.1 Å². The van der Waals surface area contributed by atoms with E-state index in [-0.39, 0.29) is 17.3 Å². The van der Waals surface area contributed by atoms with Gasteiger partial charge in [-0.3, -0.25) is 4.84 Å². The first-order valence-corrected chi connectivity index (χ1v) is 6.34. The Morgan fingerprint density at radius 1 is 1.44 bits per heavy atom. The molecule has 1 N–H and O–H groups in total. The number of rotatable bonds is 5. The zero-order valence-electron chi connectivity index (χ0n) is 8.86. The average molecular weight is 266 g/mol. The minimum Gasteiger partial charge on any atom is -0.495 e. The van der Waals surface area contributed by atoms with E-state index in [0.717, 1.165) is 0 Å². The van der Waals surface area contributed by atoms with Crippen molar-refractivity contribution in [3.63, 3.8) is 0 Å². The van der Waals surface area contributed by atoms with Crippen molar-refractivity contribution in [2.45, 2.75) is 11.8 Å². The van der Waals surface area contributed by atoms with Gasteiger partial charge in [-0.15, -0.1) is 0 Å². The van der Waals surface area contributed by atoms with Crippen LogP contribution in [0.2, 0.25) is 5.02 Å². The predicted molar refractivity (Wildman–Crippen MR) is 60.0 cm³/mol. The maximum atomic E-state index is 11.7. The molecular weight excluding hydrogens is 254 g/mol. The minimum absolute atomic E-state index is 0.0205. The van der Waals surface area contributed by atoms with Crippen molar-refractivity contribution in [3.8, 4) is 5.75 Å². The Hall–Kier alpha value is -0.820. The van der Waals surface area contributed by atoms with E-state index < -0.39 is 10.0 Å². The first kappa shape index (κ1) is 13.2. The average Bonchev–Trinajstić information content (AvgIpc) is 2.26. The lowest BCUT2D eigenvalue weighted by molar-refractivity contribution is 0.105. The summed E-state index contributed by atoms with van der Waals surface area (Å²) in [5.74, 6) is 0.166. The van der Waals surface area contributed by atoms with Crippen molar-refractivity contribution in [1.29, 1.82) is 0 Å². The summed E-state index contributed by atoms with van der Waals surface area (Å²) < 4.78 is 28.4. The molecule has 1 rings (SSSR count). The summed E-state index contributed by atoms with van der Waals surface area (Å²) in [6.45, 7) is 1.90. The van der Waals surface area contributed by atoms with Crippen LogP contribution in [0.3, 0.4) is 0 Å². The van der Waals surface area contributed by atoms with Crippen LogP contribution in [0.4, 0.5) is 0 Å². The molecule has 90 valence electrons. The van der Waals surface area contributed by atoms with Gasteiger partial charge in [0.2, 0.25) is 0 Å². The summed E-state index contributed by atoms with van der Waals surface area (Å²) in [4.78, 5) is 6.60. The van der Waals surface area contributed by atoms with Gasteiger partial charge in [-0.05, 0) is 19.1 Å². The zero-order chi connectivity index (χ0) is 12.2. The molecule has 0 bridgehead atoms. The monoisotopic (exact) mass is 265 g/mol. The smallest absolute Gasteiger partial charge is 0.266 e. The molecule has 0 aliphatic rings. The highest BCUT2D eigenvalue weighted by Gasteiger charge is 2.19. The van der Waals surface area contributed by atoms with E-state index in [4.69, 9.17) is 16.3 Å². The fraction of sp³-hybridized carbons (Fsp3) is 0.333. The second-order valence-electron chi connectivity index (χ2n) is 2.81. The lowest BCUT2D eigenvalue weighted by atomic mass is 10.3. The van der Waals surface area contributed by atoms with E-state index in [1.807, 2.05) is 4.89 Å². The van der Waals surface area contributed by atoms with Gasteiger partial charge in [0.15, 0.2) is 0 Å². The van der Waals surface area contributed by atoms with E-state index in [2.05, 4.69) is 4.84 Å². The molecule has 1 aromatic rings. The molecule has 0 unspecified atom stereocenters. The van der Waals surface area contributed by atoms with Crippen molar-refractivity contribution in [2.24, 2.45) is 0 Å². The van der Waals surface area contributed by atoms with E-state index >= 15 is 0 Å². The van der Waals surface area contributed by atoms with Crippen LogP contribution in [-0.4, -0.2) is 22.1 Å². The number of halogens is 1. The first-order valence-electron chi connectivity index (χ1n) is 4.48. The first-order chi connectivity index (χ1) is 7.51. The molecule has 1 aromatic carbocycles. The Morgan fingerprint density at radius 3 is 2.69 bits per heavy atom. The third-order valence-corrected chi connectivity index (χ3v) is 3.22. The topological polar surface area (TPSA) is 64.6 Å². The molecule has 0 radical (unpaired) electrons. The highest BCUT2D eigenvalue weighted by molar-refractivity contribution is 7.89. The largest absolute Gasteiger partial charge is 0.495 e. The Kier molecular flexibility index (Phi) is 4.55. The van der Waals surface area contributed by atoms with Crippen LogP contribution in [0.5, 0.6) is 5.75 Å². The summed E-state index contributed by atoms with van der Waals surface area (Å²) in [6, 6.07) is 4.23. The van der Waals surface area contributed by atoms with Gasteiger partial charge in [0.05, 0.1) is 13.7 Å². The molecule has 0 aromatic heterocycles. The number of nitrogens with one attached hydrogen (secondary N) is 1. The quantitative estimate of drug-likeness (QED) is 0.821. The second-order valence-corrected chi connectivity index (χ2v) is 4.86. The third-order valence-electron chi connectivity index (χ3n) is 1.73. The Bertz CT molecular complexity index is 461. The van der Waals surface area contributed by atoms with Crippen LogP contribution in [0, 0.1) is 0 Å². The van der Waals surface area contributed by atoms with E-state index in [1.54, 1.807) is 6.92 Å². The molecule has 0 fully saturated rings. The molecule has 0 spiro atoms. The molecule has 0 atom stereocenters. The number of ether oxygens (including phenoxy) is 1. The van der Waals surface area contributed by atoms with Crippen LogP contribution in [0.15, 0.2) is 23.1 Å². The molecule has 0 heterocycles. The summed E-state index contributed by atoms with van der Waals surface area (Å²) in [6.07, 6.45) is 0. The zero-order valence-corrected chi connectivity index (χ0v) is 10.4. The van der Waals surface area contributed by atoms with Crippen LogP contribution in [0.1, 0.15) is 6.92 Å². The van der Waals surface area contributed by atoms with Gasteiger partial charge in [-0.1, -0.05) is 16.5 Å². The second kappa shape index (κ2) is 5.49. The van der Waals surface area contributed by atoms with Crippen LogP contribution in [0.25, 0.3) is 0 Å². The lowest BCUT2D eigenvalue weighted by Gasteiger charge is -2.10. The van der Waals surface area contributed by atoms with Gasteiger partial charge >= 0.3 is 0 Å². The highest BCUT2D eigenvalue weighted by Crippen LogP contribution is 2.26. The third kappa shape index (κ3) is 3.08. The number of hydrogen-bond acceptors (Lipinski definition) is 4. The minimum atomic E-state index is -3.74. The van der Waals surface area contributed by atoms with Gasteiger partial charge in [0.25, 0.3) is 10.0 Å². The Balaban J connectivity index is 3.12. The molecule has 7 heteroatoms. The van der Waals surface area contributed by atoms with Gasteiger partial charge in [-0.2, -0.15) is 0 Å². The number of hydrogen-bond donors (Lipinski definition) is 1. The molecule has 5 nitrogen and oxygen atoms in total. The molecule has 16 heavy (non-hydrogen) atoms. The summed E-state index contributed by atoms with van der Waals surface area (Å²) in [5, 5.41) is 0.396. The van der Waals surface area contributed by atoms with Crippen molar-refractivity contribution < 1.29 is 18.0 Å². The summed E-state index contributed by atoms with van der Waals surface area (Å²) in [7, 11) is -2.37. The SMILES string of the molecule is CCONS(=O)(=O)c1ccc(Cl)cc1OC. The maximum absolute atomic E-state index is 11.7. The predicted octanol–water partition coefficient (Wildman–Crippen LogP) is 1.58. The fourth-order valence-corrected chi connectivity index (χ4v) is 2.22. The van der Waals surface area contributed by atoms with E-state index in [0.29, 0.717) is 5.02 Å². The van der Waals surface area contributed by atoms with Crippen molar-refractivity contribution in [3.05, 3.63) is 23.2 Å². The summed E-state index contributed by atoms with van der Waals surface area (Å²) >= 11 is 5.72. The van der Waals surface area contributed by atoms with Gasteiger partial charge in [-0.25, -0.2) is 8.42 Å². The Morgan fingerprint density at radius 2 is 2.12 bits per heavy atom. The van der Waals surface area contributed by atoms with E-state index in [9.17, 15) is 8.42 Å². The molecule has 0 aliphatic heterocycles. The summed E-state index contributed by atoms with van der Waals surface area (Å²) in [5.41, 5.74) is 0. The maximum Gasteiger partial charge on any atom is 0.266 e. The number of sulfonamides is 1. The van der Waals surface area contributed by atoms with E-state index in [1.165, 1.54) is 25.3 Å². The van der Waals surface area contributed by atoms with Crippen molar-refractivity contribution in [2.75, 3.05) is 13.7 Å². The fourth-order valence-electron chi connectivity index (χ4n) is 1.04. The Labute approximate surface area is 99.3 Å². The van der Waals surface area contributed by atoms with Crippen LogP contribution >= 0.6 is 11.6 Å².